The predicted molar refractivity (Wildman–Crippen MR) is 39.6 cm³/mol. The van der Waals surface area contributed by atoms with E-state index in [1.807, 2.05) is 22.9 Å². The van der Waals surface area contributed by atoms with Gasteiger partial charge in [0.1, 0.15) is 6.61 Å². The highest BCUT2D eigenvalue weighted by atomic mass is 16.5. The lowest BCUT2D eigenvalue weighted by atomic mass is 10.4. The fraction of sp³-hybridized carbons (Fsp3) is 0.125. The molecule has 3 nitrogen and oxygen atoms in total. The molecule has 0 unspecified atom stereocenters. The minimum Gasteiger partial charge on any atom is -0.482 e. The summed E-state index contributed by atoms with van der Waals surface area (Å²) in [7, 11) is 0. The van der Waals surface area contributed by atoms with Crippen LogP contribution in [0.15, 0.2) is 24.1 Å². The Kier molecular flexibility index (Phi) is 1.28. The van der Waals surface area contributed by atoms with Crippen LogP contribution in [-0.2, 0) is 16.1 Å². The Morgan fingerprint density at radius 3 is 3.36 bits per heavy atom. The Bertz CT molecular complexity index is 312. The van der Waals surface area contributed by atoms with Crippen molar-refractivity contribution in [2.45, 2.75) is 6.61 Å². The van der Waals surface area contributed by atoms with Crippen molar-refractivity contribution in [1.29, 1.82) is 0 Å². The lowest BCUT2D eigenvalue weighted by molar-refractivity contribution is -0.108. The highest BCUT2D eigenvalue weighted by molar-refractivity contribution is 5.75. The molecule has 11 heavy (non-hydrogen) atoms. The molecule has 1 aliphatic heterocycles. The van der Waals surface area contributed by atoms with Crippen LogP contribution in [0.5, 0.6) is 0 Å². The minimum absolute atomic E-state index is 0.383. The van der Waals surface area contributed by atoms with Crippen molar-refractivity contribution >= 4 is 12.5 Å². The minimum atomic E-state index is 0.383. The molecule has 2 heterocycles. The zero-order valence-electron chi connectivity index (χ0n) is 5.86. The molecule has 2 rings (SSSR count). The average Bonchev–Trinajstić information content (AvgIpc) is 2.50. The van der Waals surface area contributed by atoms with E-state index in [-0.39, 0.29) is 0 Å². The third-order valence-corrected chi connectivity index (χ3v) is 1.64. The zero-order valence-corrected chi connectivity index (χ0v) is 5.86. The lowest BCUT2D eigenvalue weighted by Gasteiger charge is -2.12. The van der Waals surface area contributed by atoms with Crippen LogP contribution in [0.2, 0.25) is 0 Å². The second kappa shape index (κ2) is 2.27. The third-order valence-electron chi connectivity index (χ3n) is 1.64. The van der Waals surface area contributed by atoms with Crippen LogP contribution in [0.25, 0.3) is 6.20 Å². The summed E-state index contributed by atoms with van der Waals surface area (Å²) in [6.07, 6.45) is 4.27. The van der Waals surface area contributed by atoms with E-state index >= 15 is 0 Å². The molecule has 0 fully saturated rings. The second-order valence-corrected chi connectivity index (χ2v) is 2.34. The fourth-order valence-electron chi connectivity index (χ4n) is 1.07. The van der Waals surface area contributed by atoms with Gasteiger partial charge in [-0.15, -0.1) is 0 Å². The molecule has 0 aromatic carbocycles. The van der Waals surface area contributed by atoms with Crippen LogP contribution in [0, 0.1) is 0 Å². The molecule has 1 aromatic heterocycles. The molecule has 1 aliphatic rings. The summed E-state index contributed by atoms with van der Waals surface area (Å²) in [4.78, 5) is 10.3. The Morgan fingerprint density at radius 1 is 1.64 bits per heavy atom. The van der Waals surface area contributed by atoms with E-state index in [1.54, 1.807) is 6.20 Å². The first kappa shape index (κ1) is 6.22. The number of fused-ring (bicyclic) bond motifs is 1. The number of hydrogen-bond acceptors (Lipinski definition) is 2. The number of carbonyl (C=O) groups is 1. The number of allylic oxidation sites excluding steroid dienone is 1. The van der Waals surface area contributed by atoms with E-state index in [0.717, 1.165) is 5.69 Å². The molecular weight excluding hydrogens is 142 g/mol. The Labute approximate surface area is 63.9 Å². The summed E-state index contributed by atoms with van der Waals surface area (Å²) < 4.78 is 6.97. The first-order valence-corrected chi connectivity index (χ1v) is 3.35. The van der Waals surface area contributed by atoms with E-state index in [2.05, 4.69) is 0 Å². The van der Waals surface area contributed by atoms with E-state index in [1.165, 1.54) is 0 Å². The van der Waals surface area contributed by atoms with Gasteiger partial charge >= 0.3 is 0 Å². The molecule has 0 saturated carbocycles. The van der Waals surface area contributed by atoms with Crippen molar-refractivity contribution < 1.29 is 9.53 Å². The molecule has 0 amide bonds. The quantitative estimate of drug-likeness (QED) is 0.558. The number of rotatable bonds is 1. The molecule has 1 aromatic rings. The first-order chi connectivity index (χ1) is 5.40. The number of carbonyl (C=O) groups excluding carboxylic acids is 1. The summed E-state index contributed by atoms with van der Waals surface area (Å²) in [5, 5.41) is 0. The highest BCUT2D eigenvalue weighted by Crippen LogP contribution is 2.13. The van der Waals surface area contributed by atoms with Crippen LogP contribution in [-0.4, -0.2) is 10.9 Å². The Morgan fingerprint density at radius 2 is 2.55 bits per heavy atom. The van der Waals surface area contributed by atoms with Crippen molar-refractivity contribution in [2.75, 3.05) is 0 Å². The van der Waals surface area contributed by atoms with Gasteiger partial charge in [-0.25, -0.2) is 0 Å². The van der Waals surface area contributed by atoms with Crippen LogP contribution >= 0.6 is 0 Å². The van der Waals surface area contributed by atoms with Gasteiger partial charge in [0.25, 0.3) is 0 Å². The van der Waals surface area contributed by atoms with E-state index in [0.29, 0.717) is 18.7 Å². The molecule has 0 atom stereocenters. The van der Waals surface area contributed by atoms with Gasteiger partial charge in [-0.1, -0.05) is 0 Å². The van der Waals surface area contributed by atoms with Crippen molar-refractivity contribution in [3.8, 4) is 0 Å². The van der Waals surface area contributed by atoms with Gasteiger partial charge < -0.3 is 9.30 Å². The highest BCUT2D eigenvalue weighted by Gasteiger charge is 2.07. The number of hydrogen-bond donors (Lipinski definition) is 0. The van der Waals surface area contributed by atoms with E-state index < -0.39 is 0 Å². The average molecular weight is 149 g/mol. The summed E-state index contributed by atoms with van der Waals surface area (Å²) in [5.74, 6) is 0.383. The van der Waals surface area contributed by atoms with Gasteiger partial charge in [-0.2, -0.15) is 0 Å². The van der Waals surface area contributed by atoms with Crippen LogP contribution < -0.4 is 0 Å². The number of aldehydes is 1. The normalized spacial score (nSPS) is 14.7. The number of aromatic nitrogens is 1. The Balaban J connectivity index is 2.44. The summed E-state index contributed by atoms with van der Waals surface area (Å²) >= 11 is 0. The van der Waals surface area contributed by atoms with Gasteiger partial charge in [0.05, 0.1) is 11.9 Å². The molecule has 0 spiro atoms. The van der Waals surface area contributed by atoms with Crippen molar-refractivity contribution in [2.24, 2.45) is 0 Å². The van der Waals surface area contributed by atoms with E-state index in [9.17, 15) is 4.79 Å². The van der Waals surface area contributed by atoms with Crippen LogP contribution in [0.4, 0.5) is 0 Å². The number of nitrogens with zero attached hydrogens (tertiary/aromatic N) is 1. The summed E-state index contributed by atoms with van der Waals surface area (Å²) in [5.41, 5.74) is 1.07. The maximum Gasteiger partial charge on any atom is 0.186 e. The smallest absolute Gasteiger partial charge is 0.186 e. The molecule has 0 N–H and O–H groups in total. The SMILES string of the molecule is O=CC1=Cn2cccc2CO1. The lowest BCUT2D eigenvalue weighted by Crippen LogP contribution is -2.06. The van der Waals surface area contributed by atoms with Gasteiger partial charge in [0, 0.05) is 6.20 Å². The third kappa shape index (κ3) is 0.941. The molecule has 0 saturated heterocycles. The fourth-order valence-corrected chi connectivity index (χ4v) is 1.07. The number of ether oxygens (including phenoxy) is 1. The second-order valence-electron chi connectivity index (χ2n) is 2.34. The van der Waals surface area contributed by atoms with Gasteiger partial charge in [-0.05, 0) is 12.1 Å². The van der Waals surface area contributed by atoms with Gasteiger partial charge in [0.2, 0.25) is 0 Å². The van der Waals surface area contributed by atoms with E-state index in [4.69, 9.17) is 4.74 Å². The standard InChI is InChI=1S/C8H7NO2/c10-5-8-4-9-3-1-2-7(9)6-11-8/h1-5H,6H2. The maximum atomic E-state index is 10.3. The van der Waals surface area contributed by atoms with Gasteiger partial charge in [-0.3, -0.25) is 4.79 Å². The largest absolute Gasteiger partial charge is 0.482 e. The maximum absolute atomic E-state index is 10.3. The topological polar surface area (TPSA) is 31.2 Å². The molecule has 56 valence electrons. The molecule has 0 aliphatic carbocycles. The molecular formula is C8H7NO2. The molecule has 0 radical (unpaired) electrons. The van der Waals surface area contributed by atoms with Crippen molar-refractivity contribution in [3.63, 3.8) is 0 Å². The van der Waals surface area contributed by atoms with Crippen molar-refractivity contribution in [1.82, 2.24) is 4.57 Å². The van der Waals surface area contributed by atoms with Gasteiger partial charge in [0.15, 0.2) is 12.0 Å². The summed E-state index contributed by atoms with van der Waals surface area (Å²) in [6.45, 7) is 0.484. The monoisotopic (exact) mass is 149 g/mol. The zero-order chi connectivity index (χ0) is 7.68. The molecule has 3 heteroatoms. The summed E-state index contributed by atoms with van der Waals surface area (Å²) in [6, 6.07) is 3.88. The first-order valence-electron chi connectivity index (χ1n) is 3.35. The van der Waals surface area contributed by atoms with Crippen molar-refractivity contribution in [3.05, 3.63) is 29.8 Å². The van der Waals surface area contributed by atoms with Crippen LogP contribution in [0.3, 0.4) is 0 Å². The molecule has 0 bridgehead atoms. The van der Waals surface area contributed by atoms with Crippen LogP contribution in [0.1, 0.15) is 5.69 Å². The predicted octanol–water partition coefficient (Wildman–Crippen LogP) is 1.02. The Hall–Kier alpha value is -1.51.